The molecule has 0 aliphatic carbocycles. The lowest BCUT2D eigenvalue weighted by Crippen LogP contribution is -2.19. The van der Waals surface area contributed by atoms with E-state index in [4.69, 9.17) is 11.6 Å². The highest BCUT2D eigenvalue weighted by Gasteiger charge is 2.11. The summed E-state index contributed by atoms with van der Waals surface area (Å²) in [4.78, 5) is 24.7. The van der Waals surface area contributed by atoms with Gasteiger partial charge < -0.3 is 16.0 Å². The Morgan fingerprint density at radius 2 is 1.61 bits per heavy atom. The van der Waals surface area contributed by atoms with Crippen molar-refractivity contribution in [1.29, 1.82) is 0 Å². The van der Waals surface area contributed by atoms with Crippen molar-refractivity contribution in [2.24, 2.45) is 0 Å². The fourth-order valence-corrected chi connectivity index (χ4v) is 3.18. The average Bonchev–Trinajstić information content (AvgIpc) is 3.23. The molecule has 0 saturated carbocycles. The van der Waals surface area contributed by atoms with Crippen molar-refractivity contribution in [3.8, 4) is 5.69 Å². The van der Waals surface area contributed by atoms with Crippen LogP contribution >= 0.6 is 11.6 Å². The van der Waals surface area contributed by atoms with E-state index in [0.717, 1.165) is 12.1 Å². The molecule has 0 aliphatic rings. The van der Waals surface area contributed by atoms with Crippen LogP contribution in [0.1, 0.15) is 10.4 Å². The highest BCUT2D eigenvalue weighted by molar-refractivity contribution is 6.33. The highest BCUT2D eigenvalue weighted by Crippen LogP contribution is 2.21. The number of rotatable bonds is 5. The molecular formula is C23H16ClF2N5O2. The number of amides is 3. The van der Waals surface area contributed by atoms with Crippen LogP contribution in [0.3, 0.4) is 0 Å². The van der Waals surface area contributed by atoms with Crippen molar-refractivity contribution in [3.05, 3.63) is 101 Å². The minimum Gasteiger partial charge on any atom is -0.322 e. The summed E-state index contributed by atoms with van der Waals surface area (Å²) in [5.74, 6) is -2.14. The quantitative estimate of drug-likeness (QED) is 0.352. The first kappa shape index (κ1) is 22.0. The van der Waals surface area contributed by atoms with Gasteiger partial charge in [0.25, 0.3) is 5.91 Å². The topological polar surface area (TPSA) is 88.0 Å². The van der Waals surface area contributed by atoms with Crippen molar-refractivity contribution in [3.63, 3.8) is 0 Å². The fourth-order valence-electron chi connectivity index (χ4n) is 2.99. The number of carbonyl (C=O) groups excluding carboxylic acids is 2. The van der Waals surface area contributed by atoms with E-state index in [1.54, 1.807) is 54.7 Å². The van der Waals surface area contributed by atoms with Gasteiger partial charge in [-0.25, -0.2) is 18.3 Å². The molecule has 1 heterocycles. The van der Waals surface area contributed by atoms with Gasteiger partial charge >= 0.3 is 6.03 Å². The zero-order valence-electron chi connectivity index (χ0n) is 16.9. The number of benzene rings is 3. The van der Waals surface area contributed by atoms with Gasteiger partial charge in [-0.3, -0.25) is 4.79 Å². The summed E-state index contributed by atoms with van der Waals surface area (Å²) >= 11 is 6.03. The van der Waals surface area contributed by atoms with Gasteiger partial charge in [0.15, 0.2) is 0 Å². The smallest absolute Gasteiger partial charge is 0.322 e. The van der Waals surface area contributed by atoms with Crippen molar-refractivity contribution in [1.82, 2.24) is 9.78 Å². The van der Waals surface area contributed by atoms with Gasteiger partial charge in [-0.15, -0.1) is 0 Å². The van der Waals surface area contributed by atoms with Gasteiger partial charge in [0.05, 0.1) is 34.5 Å². The Labute approximate surface area is 192 Å². The first-order valence-electron chi connectivity index (χ1n) is 9.62. The van der Waals surface area contributed by atoms with Crippen LogP contribution < -0.4 is 16.0 Å². The third kappa shape index (κ3) is 5.52. The normalized spacial score (nSPS) is 10.5. The van der Waals surface area contributed by atoms with E-state index in [1.165, 1.54) is 10.9 Å². The summed E-state index contributed by atoms with van der Waals surface area (Å²) < 4.78 is 28.2. The van der Waals surface area contributed by atoms with Gasteiger partial charge in [-0.05, 0) is 42.5 Å². The van der Waals surface area contributed by atoms with Crippen LogP contribution in [0.4, 0.5) is 30.6 Å². The first-order chi connectivity index (χ1) is 15.9. The Morgan fingerprint density at radius 3 is 2.36 bits per heavy atom. The lowest BCUT2D eigenvalue weighted by molar-refractivity contribution is 0.102. The van der Waals surface area contributed by atoms with Crippen LogP contribution in [-0.2, 0) is 0 Å². The van der Waals surface area contributed by atoms with Crippen LogP contribution in [0.25, 0.3) is 5.69 Å². The molecule has 0 radical (unpaired) electrons. The molecule has 0 aliphatic heterocycles. The maximum atomic E-state index is 13.4. The number of aromatic nitrogens is 2. The molecule has 3 N–H and O–H groups in total. The minimum absolute atomic E-state index is 0.00184. The van der Waals surface area contributed by atoms with E-state index in [1.807, 2.05) is 0 Å². The van der Waals surface area contributed by atoms with Crippen molar-refractivity contribution >= 4 is 40.6 Å². The number of nitrogens with zero attached hydrogens (tertiary/aromatic N) is 2. The number of urea groups is 1. The molecule has 0 unspecified atom stereocenters. The summed E-state index contributed by atoms with van der Waals surface area (Å²) in [6.07, 6.45) is 3.00. The predicted octanol–water partition coefficient (Wildman–Crippen LogP) is 5.70. The van der Waals surface area contributed by atoms with Crippen LogP contribution in [0.5, 0.6) is 0 Å². The molecule has 3 amide bonds. The summed E-state index contributed by atoms with van der Waals surface area (Å²) in [5, 5.41) is 12.3. The number of carbonyl (C=O) groups is 2. The molecule has 0 bridgehead atoms. The molecular weight excluding hydrogens is 452 g/mol. The molecule has 0 atom stereocenters. The summed E-state index contributed by atoms with van der Waals surface area (Å²) in [7, 11) is 0. The largest absolute Gasteiger partial charge is 0.323 e. The molecule has 4 aromatic rings. The van der Waals surface area contributed by atoms with Crippen molar-refractivity contribution in [2.45, 2.75) is 0 Å². The zero-order chi connectivity index (χ0) is 23.4. The third-order valence-corrected chi connectivity index (χ3v) is 4.79. The van der Waals surface area contributed by atoms with E-state index in [9.17, 15) is 18.4 Å². The Hall–Kier alpha value is -4.24. The van der Waals surface area contributed by atoms with Crippen molar-refractivity contribution < 1.29 is 18.4 Å². The van der Waals surface area contributed by atoms with E-state index < -0.39 is 23.6 Å². The lowest BCUT2D eigenvalue weighted by atomic mass is 10.2. The Kier molecular flexibility index (Phi) is 6.32. The second-order valence-electron chi connectivity index (χ2n) is 6.90. The number of halogens is 3. The number of anilines is 3. The molecule has 1 aromatic heterocycles. The zero-order valence-corrected chi connectivity index (χ0v) is 17.6. The SMILES string of the molecule is O=C(Nc1cnn(-c2cccc(C(=O)Nc3cc(F)cc(F)c3)c2)c1)Nc1ccccc1Cl. The lowest BCUT2D eigenvalue weighted by Gasteiger charge is -2.08. The maximum absolute atomic E-state index is 13.4. The fraction of sp³-hybridized carbons (Fsp3) is 0. The molecule has 4 rings (SSSR count). The Morgan fingerprint density at radius 1 is 0.848 bits per heavy atom. The number of hydrogen-bond donors (Lipinski definition) is 3. The van der Waals surface area contributed by atoms with E-state index in [0.29, 0.717) is 28.2 Å². The van der Waals surface area contributed by atoms with Crippen LogP contribution in [0.2, 0.25) is 5.02 Å². The molecule has 33 heavy (non-hydrogen) atoms. The standard InChI is InChI=1S/C23H16ClF2N5O2/c24-20-6-1-2-7-21(20)30-23(33)29-18-12-27-31(13-18)19-5-3-4-14(8-19)22(32)28-17-10-15(25)9-16(26)11-17/h1-13H,(H,28,32)(H2,29,30,33). The van der Waals surface area contributed by atoms with Gasteiger partial charge in [0.1, 0.15) is 11.6 Å². The second kappa shape index (κ2) is 9.49. The number of nitrogens with one attached hydrogen (secondary N) is 3. The highest BCUT2D eigenvalue weighted by atomic mass is 35.5. The molecule has 3 aromatic carbocycles. The third-order valence-electron chi connectivity index (χ3n) is 4.46. The van der Waals surface area contributed by atoms with E-state index in [2.05, 4.69) is 21.0 Å². The molecule has 166 valence electrons. The molecule has 0 spiro atoms. The summed E-state index contributed by atoms with van der Waals surface area (Å²) in [6, 6.07) is 15.5. The van der Waals surface area contributed by atoms with Gasteiger partial charge in [-0.2, -0.15) is 5.10 Å². The van der Waals surface area contributed by atoms with E-state index in [-0.39, 0.29) is 11.3 Å². The monoisotopic (exact) mass is 467 g/mol. The van der Waals surface area contributed by atoms with Crippen LogP contribution in [-0.4, -0.2) is 21.7 Å². The van der Waals surface area contributed by atoms with Crippen LogP contribution in [0, 0.1) is 11.6 Å². The van der Waals surface area contributed by atoms with E-state index >= 15 is 0 Å². The summed E-state index contributed by atoms with van der Waals surface area (Å²) in [6.45, 7) is 0. The average molecular weight is 468 g/mol. The molecule has 7 nitrogen and oxygen atoms in total. The van der Waals surface area contributed by atoms with Gasteiger partial charge in [0.2, 0.25) is 0 Å². The van der Waals surface area contributed by atoms with Crippen molar-refractivity contribution in [2.75, 3.05) is 16.0 Å². The molecule has 0 fully saturated rings. The van der Waals surface area contributed by atoms with Gasteiger partial charge in [0, 0.05) is 17.3 Å². The van der Waals surface area contributed by atoms with Crippen LogP contribution in [0.15, 0.2) is 79.1 Å². The maximum Gasteiger partial charge on any atom is 0.323 e. The molecule has 0 saturated heterocycles. The summed E-state index contributed by atoms with van der Waals surface area (Å²) in [5.41, 5.74) is 1.65. The molecule has 10 heteroatoms. The second-order valence-corrected chi connectivity index (χ2v) is 7.30. The Balaban J connectivity index is 1.45. The number of para-hydroxylation sites is 1. The Bertz CT molecular complexity index is 1320. The van der Waals surface area contributed by atoms with Gasteiger partial charge in [-0.1, -0.05) is 29.8 Å². The minimum atomic E-state index is -0.797. The number of hydrogen-bond acceptors (Lipinski definition) is 3. The first-order valence-corrected chi connectivity index (χ1v) is 10.0. The predicted molar refractivity (Wildman–Crippen MR) is 122 cm³/mol.